The van der Waals surface area contributed by atoms with E-state index in [4.69, 9.17) is 4.74 Å². The van der Waals surface area contributed by atoms with Crippen molar-refractivity contribution in [3.05, 3.63) is 107 Å². The van der Waals surface area contributed by atoms with Gasteiger partial charge in [0.25, 0.3) is 0 Å². The second kappa shape index (κ2) is 7.71. The first-order valence-corrected chi connectivity index (χ1v) is 9.12. The van der Waals surface area contributed by atoms with Crippen molar-refractivity contribution in [1.29, 1.82) is 0 Å². The molecule has 1 N–H and O–H groups in total. The van der Waals surface area contributed by atoms with Gasteiger partial charge in [0, 0.05) is 11.1 Å². The van der Waals surface area contributed by atoms with Crippen molar-refractivity contribution in [2.45, 2.75) is 6.18 Å². The largest absolute Gasteiger partial charge is 0.504 e. The average molecular weight is 412 g/mol. The Morgan fingerprint density at radius 2 is 1.63 bits per heavy atom. The minimum atomic E-state index is -4.47. The summed E-state index contributed by atoms with van der Waals surface area (Å²) in [6.45, 7) is -0.0131. The van der Waals surface area contributed by atoms with Crippen LogP contribution in [-0.4, -0.2) is 11.7 Å². The van der Waals surface area contributed by atoms with E-state index in [-0.39, 0.29) is 23.7 Å². The predicted molar refractivity (Wildman–Crippen MR) is 107 cm³/mol. The van der Waals surface area contributed by atoms with E-state index in [1.165, 1.54) is 24.3 Å². The number of aliphatic hydroxyl groups is 1. The van der Waals surface area contributed by atoms with Gasteiger partial charge in [0.15, 0.2) is 11.5 Å². The topological polar surface area (TPSA) is 29.5 Å². The number of rotatable bonds is 3. The highest BCUT2D eigenvalue weighted by atomic mass is 19.4. The van der Waals surface area contributed by atoms with Crippen LogP contribution in [0.2, 0.25) is 0 Å². The van der Waals surface area contributed by atoms with E-state index < -0.39 is 17.6 Å². The quantitative estimate of drug-likeness (QED) is 0.477. The minimum absolute atomic E-state index is 0.0131. The van der Waals surface area contributed by atoms with Gasteiger partial charge in [-0.25, -0.2) is 4.39 Å². The number of hydrogen-bond donors (Lipinski definition) is 1. The smallest absolute Gasteiger partial charge is 0.416 e. The maximum atomic E-state index is 14.7. The van der Waals surface area contributed by atoms with Crippen LogP contribution in [0, 0.1) is 5.82 Å². The highest BCUT2D eigenvalue weighted by Crippen LogP contribution is 2.35. The first-order chi connectivity index (χ1) is 14.3. The number of benzene rings is 3. The van der Waals surface area contributed by atoms with Gasteiger partial charge in [-0.2, -0.15) is 13.2 Å². The van der Waals surface area contributed by atoms with Gasteiger partial charge in [-0.1, -0.05) is 54.6 Å². The lowest BCUT2D eigenvalue weighted by molar-refractivity contribution is -0.137. The normalized spacial score (nSPS) is 15.5. The van der Waals surface area contributed by atoms with Gasteiger partial charge in [-0.15, -0.1) is 0 Å². The van der Waals surface area contributed by atoms with Gasteiger partial charge < -0.3 is 9.84 Å². The molecule has 0 amide bonds. The second-order valence-electron chi connectivity index (χ2n) is 6.81. The second-order valence-corrected chi connectivity index (χ2v) is 6.81. The lowest BCUT2D eigenvalue weighted by atomic mass is 9.99. The van der Waals surface area contributed by atoms with Gasteiger partial charge in [0.2, 0.25) is 0 Å². The van der Waals surface area contributed by atoms with Crippen LogP contribution >= 0.6 is 0 Å². The molecule has 1 aliphatic heterocycles. The van der Waals surface area contributed by atoms with Crippen molar-refractivity contribution < 1.29 is 27.4 Å². The zero-order valence-electron chi connectivity index (χ0n) is 15.6. The number of ether oxygens (including phenoxy) is 1. The number of hydrogen-bond acceptors (Lipinski definition) is 2. The molecule has 0 aliphatic carbocycles. The molecule has 0 spiro atoms. The summed E-state index contributed by atoms with van der Waals surface area (Å²) in [4.78, 5) is 0. The molecule has 0 saturated heterocycles. The van der Waals surface area contributed by atoms with Crippen LogP contribution in [0.25, 0.3) is 22.8 Å². The van der Waals surface area contributed by atoms with E-state index >= 15 is 0 Å². The van der Waals surface area contributed by atoms with Crippen molar-refractivity contribution in [3.8, 4) is 11.1 Å². The Labute approximate surface area is 170 Å². The molecular formula is C24H16F4O2. The summed E-state index contributed by atoms with van der Waals surface area (Å²) in [6.07, 6.45) is -3.14. The first kappa shape index (κ1) is 19.8. The summed E-state index contributed by atoms with van der Waals surface area (Å²) in [5.41, 5.74) is 1.41. The molecule has 0 atom stereocenters. The molecule has 1 aliphatic rings. The Kier molecular flexibility index (Phi) is 5.08. The molecule has 1 heterocycles. The van der Waals surface area contributed by atoms with Crippen molar-refractivity contribution in [2.75, 3.05) is 6.61 Å². The summed E-state index contributed by atoms with van der Waals surface area (Å²) in [7, 11) is 0. The zero-order valence-corrected chi connectivity index (χ0v) is 15.6. The SMILES string of the molecule is OC1=C(c2ccc(-c3ccccc3)c(F)c2)CO/C1=C\c1cccc(C(F)(F)F)c1. The van der Waals surface area contributed by atoms with Gasteiger partial charge in [-0.3, -0.25) is 0 Å². The molecule has 3 aromatic carbocycles. The Hall–Kier alpha value is -3.54. The van der Waals surface area contributed by atoms with Crippen molar-refractivity contribution in [1.82, 2.24) is 0 Å². The van der Waals surface area contributed by atoms with Gasteiger partial charge in [-0.05, 0) is 41.0 Å². The van der Waals surface area contributed by atoms with Crippen LogP contribution in [0.15, 0.2) is 84.3 Å². The maximum Gasteiger partial charge on any atom is 0.416 e. The molecule has 0 aromatic heterocycles. The third-order valence-corrected chi connectivity index (χ3v) is 4.81. The van der Waals surface area contributed by atoms with E-state index in [2.05, 4.69) is 0 Å². The van der Waals surface area contributed by atoms with Gasteiger partial charge in [0.1, 0.15) is 12.4 Å². The molecule has 0 fully saturated rings. The highest BCUT2D eigenvalue weighted by Gasteiger charge is 2.30. The van der Waals surface area contributed by atoms with E-state index in [0.29, 0.717) is 16.7 Å². The van der Waals surface area contributed by atoms with E-state index in [9.17, 15) is 22.7 Å². The summed E-state index contributed by atoms with van der Waals surface area (Å²) in [5, 5.41) is 10.5. The van der Waals surface area contributed by atoms with Crippen molar-refractivity contribution in [2.24, 2.45) is 0 Å². The Balaban J connectivity index is 1.65. The first-order valence-electron chi connectivity index (χ1n) is 9.12. The lowest BCUT2D eigenvalue weighted by Crippen LogP contribution is -2.04. The van der Waals surface area contributed by atoms with Crippen LogP contribution < -0.4 is 0 Å². The molecule has 0 unspecified atom stereocenters. The molecule has 2 nitrogen and oxygen atoms in total. The fraction of sp³-hybridized carbons (Fsp3) is 0.0833. The van der Waals surface area contributed by atoms with Crippen LogP contribution in [-0.2, 0) is 10.9 Å². The van der Waals surface area contributed by atoms with Crippen LogP contribution in [0.1, 0.15) is 16.7 Å². The summed E-state index contributed by atoms with van der Waals surface area (Å²) >= 11 is 0. The molecule has 3 aromatic rings. The van der Waals surface area contributed by atoms with Crippen LogP contribution in [0.5, 0.6) is 0 Å². The molecule has 30 heavy (non-hydrogen) atoms. The maximum absolute atomic E-state index is 14.7. The molecule has 6 heteroatoms. The molecule has 152 valence electrons. The summed E-state index contributed by atoms with van der Waals surface area (Å²) in [5.74, 6) is -0.634. The third kappa shape index (κ3) is 3.94. The van der Waals surface area contributed by atoms with E-state index in [1.54, 1.807) is 24.3 Å². The van der Waals surface area contributed by atoms with Gasteiger partial charge >= 0.3 is 6.18 Å². The van der Waals surface area contributed by atoms with E-state index in [1.807, 2.05) is 18.2 Å². The third-order valence-electron chi connectivity index (χ3n) is 4.81. The summed E-state index contributed by atoms with van der Waals surface area (Å²) in [6, 6.07) is 18.4. The Morgan fingerprint density at radius 1 is 0.867 bits per heavy atom. The van der Waals surface area contributed by atoms with Crippen LogP contribution in [0.3, 0.4) is 0 Å². The molecule has 0 radical (unpaired) electrons. The number of alkyl halides is 3. The molecular weight excluding hydrogens is 396 g/mol. The molecule has 0 bridgehead atoms. The molecule has 4 rings (SSSR count). The summed E-state index contributed by atoms with van der Waals surface area (Å²) < 4.78 is 58.8. The Morgan fingerprint density at radius 3 is 2.33 bits per heavy atom. The van der Waals surface area contributed by atoms with Crippen molar-refractivity contribution in [3.63, 3.8) is 0 Å². The van der Waals surface area contributed by atoms with Gasteiger partial charge in [0.05, 0.1) is 5.56 Å². The van der Waals surface area contributed by atoms with E-state index in [0.717, 1.165) is 17.7 Å². The number of halogens is 4. The molecule has 0 saturated carbocycles. The van der Waals surface area contributed by atoms with Crippen LogP contribution in [0.4, 0.5) is 17.6 Å². The lowest BCUT2D eigenvalue weighted by Gasteiger charge is -2.07. The number of aliphatic hydroxyl groups excluding tert-OH is 1. The highest BCUT2D eigenvalue weighted by molar-refractivity contribution is 5.77. The fourth-order valence-corrected chi connectivity index (χ4v) is 3.28. The monoisotopic (exact) mass is 412 g/mol. The predicted octanol–water partition coefficient (Wildman–Crippen LogP) is 6.85. The Bertz CT molecular complexity index is 1150. The zero-order chi connectivity index (χ0) is 21.3. The fourth-order valence-electron chi connectivity index (χ4n) is 3.28. The minimum Gasteiger partial charge on any atom is -0.504 e. The standard InChI is InChI=1S/C24H16F4O2/c25-21-13-17(9-10-19(21)16-6-2-1-3-7-16)20-14-30-22(23(20)29)12-15-5-4-8-18(11-15)24(26,27)28/h1-13,29H,14H2/b22-12-. The van der Waals surface area contributed by atoms with Crippen molar-refractivity contribution >= 4 is 11.6 Å². The average Bonchev–Trinajstić information content (AvgIpc) is 3.08.